The second kappa shape index (κ2) is 9.17. The number of carbonyl (C=O) groups is 1. The highest BCUT2D eigenvalue weighted by Crippen LogP contribution is 2.29. The Bertz CT molecular complexity index is 1080. The minimum absolute atomic E-state index is 0.0174. The van der Waals surface area contributed by atoms with Gasteiger partial charge in [0, 0.05) is 11.8 Å². The van der Waals surface area contributed by atoms with Crippen molar-refractivity contribution < 1.29 is 18.7 Å². The van der Waals surface area contributed by atoms with Crippen molar-refractivity contribution in [2.45, 2.75) is 26.9 Å². The standard InChI is InChI=1S/C21H22FN5O3/c1-13(2)30-19-9-5-15(11-20(19)29-4)6-10-21(28)23-16-7-8-17(22)18(12-16)27-14(3)24-25-26-27/h5-13H,1-4H3,(H,23,28)/b10-6+. The van der Waals surface area contributed by atoms with Crippen molar-refractivity contribution in [2.75, 3.05) is 12.4 Å². The van der Waals surface area contributed by atoms with Crippen LogP contribution in [0.1, 0.15) is 25.2 Å². The van der Waals surface area contributed by atoms with E-state index in [2.05, 4.69) is 20.8 Å². The SMILES string of the molecule is COc1cc(/C=C/C(=O)Nc2ccc(F)c(-n3nnnc3C)c2)ccc1OC(C)C. The van der Waals surface area contributed by atoms with E-state index in [1.165, 1.54) is 29.0 Å². The fourth-order valence-corrected chi connectivity index (χ4v) is 2.70. The number of aryl methyl sites for hydroxylation is 1. The van der Waals surface area contributed by atoms with Crippen molar-refractivity contribution in [1.82, 2.24) is 20.2 Å². The maximum absolute atomic E-state index is 14.1. The Morgan fingerprint density at radius 2 is 2.00 bits per heavy atom. The molecule has 0 unspecified atom stereocenters. The normalized spacial score (nSPS) is 11.1. The summed E-state index contributed by atoms with van der Waals surface area (Å²) >= 11 is 0. The highest BCUT2D eigenvalue weighted by Gasteiger charge is 2.11. The average Bonchev–Trinajstić information content (AvgIpc) is 3.14. The third-order valence-electron chi connectivity index (χ3n) is 4.04. The van der Waals surface area contributed by atoms with E-state index < -0.39 is 5.82 Å². The van der Waals surface area contributed by atoms with Gasteiger partial charge in [0.05, 0.1) is 13.2 Å². The lowest BCUT2D eigenvalue weighted by molar-refractivity contribution is -0.111. The van der Waals surface area contributed by atoms with E-state index in [0.717, 1.165) is 5.56 Å². The number of nitrogens with one attached hydrogen (secondary N) is 1. The first-order valence-electron chi connectivity index (χ1n) is 9.26. The van der Waals surface area contributed by atoms with Crippen molar-refractivity contribution in [3.63, 3.8) is 0 Å². The molecule has 0 saturated heterocycles. The molecule has 2 aromatic carbocycles. The van der Waals surface area contributed by atoms with E-state index >= 15 is 0 Å². The molecule has 3 aromatic rings. The lowest BCUT2D eigenvalue weighted by atomic mass is 10.2. The monoisotopic (exact) mass is 411 g/mol. The van der Waals surface area contributed by atoms with E-state index in [4.69, 9.17) is 9.47 Å². The highest BCUT2D eigenvalue weighted by atomic mass is 19.1. The lowest BCUT2D eigenvalue weighted by Crippen LogP contribution is -2.09. The summed E-state index contributed by atoms with van der Waals surface area (Å²) in [5.74, 6) is 0.755. The van der Waals surface area contributed by atoms with Crippen LogP contribution in [-0.4, -0.2) is 39.3 Å². The van der Waals surface area contributed by atoms with Gasteiger partial charge in [-0.2, -0.15) is 4.68 Å². The molecule has 1 heterocycles. The number of anilines is 1. The van der Waals surface area contributed by atoms with E-state index in [1.54, 1.807) is 32.2 Å². The summed E-state index contributed by atoms with van der Waals surface area (Å²) in [5, 5.41) is 13.7. The Balaban J connectivity index is 1.73. The number of benzene rings is 2. The van der Waals surface area contributed by atoms with Crippen LogP contribution in [0, 0.1) is 12.7 Å². The molecule has 0 bridgehead atoms. The van der Waals surface area contributed by atoms with Crippen molar-refractivity contribution in [3.8, 4) is 17.2 Å². The lowest BCUT2D eigenvalue weighted by Gasteiger charge is -2.13. The molecule has 1 aromatic heterocycles. The van der Waals surface area contributed by atoms with Crippen LogP contribution in [0.15, 0.2) is 42.5 Å². The van der Waals surface area contributed by atoms with E-state index in [1.807, 2.05) is 19.9 Å². The van der Waals surface area contributed by atoms with Gasteiger partial charge in [-0.3, -0.25) is 4.79 Å². The predicted octanol–water partition coefficient (Wildman–Crippen LogP) is 3.56. The number of hydrogen-bond donors (Lipinski definition) is 1. The fourth-order valence-electron chi connectivity index (χ4n) is 2.70. The third kappa shape index (κ3) is 4.99. The number of halogens is 1. The Labute approximate surface area is 173 Å². The van der Waals surface area contributed by atoms with E-state index in [0.29, 0.717) is 23.0 Å². The number of aromatic nitrogens is 4. The van der Waals surface area contributed by atoms with E-state index in [9.17, 15) is 9.18 Å². The maximum atomic E-state index is 14.1. The Morgan fingerprint density at radius 1 is 1.20 bits per heavy atom. The van der Waals surface area contributed by atoms with Gasteiger partial charge in [-0.05, 0) is 73.2 Å². The summed E-state index contributed by atoms with van der Waals surface area (Å²) in [6.45, 7) is 5.51. The molecule has 0 saturated carbocycles. The Hall–Kier alpha value is -3.75. The summed E-state index contributed by atoms with van der Waals surface area (Å²) in [5.41, 5.74) is 1.32. The molecule has 156 valence electrons. The van der Waals surface area contributed by atoms with Crippen molar-refractivity contribution in [1.29, 1.82) is 0 Å². The first kappa shape index (κ1) is 21.0. The molecule has 1 amide bonds. The van der Waals surface area contributed by atoms with Gasteiger partial charge in [-0.25, -0.2) is 4.39 Å². The number of rotatable bonds is 7. The molecule has 0 aliphatic rings. The Kier molecular flexibility index (Phi) is 6.41. The number of ether oxygens (including phenoxy) is 2. The summed E-state index contributed by atoms with van der Waals surface area (Å²) in [6, 6.07) is 9.56. The highest BCUT2D eigenvalue weighted by molar-refractivity contribution is 6.02. The van der Waals surface area contributed by atoms with Crippen LogP contribution in [0.2, 0.25) is 0 Å². The number of tetrazole rings is 1. The minimum Gasteiger partial charge on any atom is -0.493 e. The number of carbonyl (C=O) groups excluding carboxylic acids is 1. The van der Waals surface area contributed by atoms with Gasteiger partial charge in [-0.15, -0.1) is 5.10 Å². The Morgan fingerprint density at radius 3 is 2.67 bits per heavy atom. The fraction of sp³-hybridized carbons (Fsp3) is 0.238. The molecule has 1 N–H and O–H groups in total. The van der Waals surface area contributed by atoms with Crippen LogP contribution >= 0.6 is 0 Å². The first-order valence-corrected chi connectivity index (χ1v) is 9.26. The van der Waals surface area contributed by atoms with Crippen LogP contribution in [0.5, 0.6) is 11.5 Å². The molecule has 9 heteroatoms. The minimum atomic E-state index is -0.505. The van der Waals surface area contributed by atoms with Gasteiger partial charge in [0.15, 0.2) is 17.3 Å². The van der Waals surface area contributed by atoms with Gasteiger partial charge in [0.2, 0.25) is 5.91 Å². The number of methoxy groups -OCH3 is 1. The molecule has 0 spiro atoms. The predicted molar refractivity (Wildman–Crippen MR) is 110 cm³/mol. The summed E-state index contributed by atoms with van der Waals surface area (Å²) in [6.07, 6.45) is 3.04. The van der Waals surface area contributed by atoms with Crippen molar-refractivity contribution in [2.24, 2.45) is 0 Å². The summed E-state index contributed by atoms with van der Waals surface area (Å²) in [4.78, 5) is 12.3. The molecular weight excluding hydrogens is 389 g/mol. The first-order chi connectivity index (χ1) is 14.4. The van der Waals surface area contributed by atoms with Crippen LogP contribution in [0.3, 0.4) is 0 Å². The van der Waals surface area contributed by atoms with Gasteiger partial charge in [0.25, 0.3) is 0 Å². The zero-order chi connectivity index (χ0) is 21.7. The van der Waals surface area contributed by atoms with Crippen molar-refractivity contribution in [3.05, 3.63) is 59.7 Å². The quantitative estimate of drug-likeness (QED) is 0.598. The molecule has 0 radical (unpaired) electrons. The van der Waals surface area contributed by atoms with Gasteiger partial charge >= 0.3 is 0 Å². The van der Waals surface area contributed by atoms with Crippen LogP contribution < -0.4 is 14.8 Å². The molecule has 30 heavy (non-hydrogen) atoms. The molecule has 0 aliphatic carbocycles. The number of nitrogens with zero attached hydrogens (tertiary/aromatic N) is 4. The van der Waals surface area contributed by atoms with Gasteiger partial charge < -0.3 is 14.8 Å². The smallest absolute Gasteiger partial charge is 0.248 e. The van der Waals surface area contributed by atoms with Gasteiger partial charge in [0.1, 0.15) is 11.5 Å². The number of hydrogen-bond acceptors (Lipinski definition) is 6. The van der Waals surface area contributed by atoms with Crippen LogP contribution in [-0.2, 0) is 4.79 Å². The third-order valence-corrected chi connectivity index (χ3v) is 4.04. The molecular formula is C21H22FN5O3. The second-order valence-electron chi connectivity index (χ2n) is 6.70. The summed E-state index contributed by atoms with van der Waals surface area (Å²) < 4.78 is 26.4. The van der Waals surface area contributed by atoms with Crippen molar-refractivity contribution >= 4 is 17.7 Å². The second-order valence-corrected chi connectivity index (χ2v) is 6.70. The number of amides is 1. The zero-order valence-electron chi connectivity index (χ0n) is 17.1. The zero-order valence-corrected chi connectivity index (χ0v) is 17.1. The molecule has 0 aliphatic heterocycles. The molecule has 0 fully saturated rings. The molecule has 3 rings (SSSR count). The van der Waals surface area contributed by atoms with Crippen LogP contribution in [0.25, 0.3) is 11.8 Å². The molecule has 8 nitrogen and oxygen atoms in total. The average molecular weight is 411 g/mol. The van der Waals surface area contributed by atoms with E-state index in [-0.39, 0.29) is 17.7 Å². The van der Waals surface area contributed by atoms with Crippen LogP contribution in [0.4, 0.5) is 10.1 Å². The largest absolute Gasteiger partial charge is 0.493 e. The molecule has 0 atom stereocenters. The summed E-state index contributed by atoms with van der Waals surface area (Å²) in [7, 11) is 1.56. The van der Waals surface area contributed by atoms with Gasteiger partial charge in [-0.1, -0.05) is 6.07 Å². The topological polar surface area (TPSA) is 91.2 Å². The maximum Gasteiger partial charge on any atom is 0.248 e.